The number of rotatable bonds is 4. The van der Waals surface area contributed by atoms with Crippen LogP contribution in [0.5, 0.6) is 0 Å². The molecule has 0 saturated heterocycles. The Morgan fingerprint density at radius 1 is 0.968 bits per heavy atom. The number of halogens is 2. The summed E-state index contributed by atoms with van der Waals surface area (Å²) in [6.07, 6.45) is 5.04. The summed E-state index contributed by atoms with van der Waals surface area (Å²) in [4.78, 5) is 14.6. The zero-order valence-electron chi connectivity index (χ0n) is 19.2. The van der Waals surface area contributed by atoms with Gasteiger partial charge in [0, 0.05) is 19.8 Å². The molecule has 2 aromatic rings. The first-order valence-corrected chi connectivity index (χ1v) is 12.8. The topological polar surface area (TPSA) is 72.7 Å². The summed E-state index contributed by atoms with van der Waals surface area (Å²) in [6, 6.07) is 0.0141. The van der Waals surface area contributed by atoms with E-state index in [1.165, 1.54) is 0 Å². The number of nitrogens with zero attached hydrogens (tertiary/aromatic N) is 7. The zero-order chi connectivity index (χ0) is 23.3. The van der Waals surface area contributed by atoms with Crippen LogP contribution in [0.15, 0.2) is 27.1 Å². The molecule has 1 aliphatic rings. The molecule has 170 valence electrons. The van der Waals surface area contributed by atoms with E-state index in [9.17, 15) is 0 Å². The van der Waals surface area contributed by atoms with E-state index in [-0.39, 0.29) is 19.2 Å². The normalized spacial score (nSPS) is 17.0. The van der Waals surface area contributed by atoms with Gasteiger partial charge in [0.1, 0.15) is 11.4 Å². The van der Waals surface area contributed by atoms with Crippen LogP contribution in [0, 0.1) is 27.7 Å². The Kier molecular flexibility index (Phi) is 9.25. The molecular formula is C21H29Cl2FeN7. The van der Waals surface area contributed by atoms with Crippen molar-refractivity contribution in [2.24, 2.45) is 29.1 Å². The molecule has 1 aliphatic heterocycles. The maximum atomic E-state index is 4.92. The molecule has 1 atom stereocenters. The van der Waals surface area contributed by atoms with Crippen molar-refractivity contribution in [1.29, 1.82) is 0 Å². The Hall–Kier alpha value is -1.73. The molecular weight excluding hydrogens is 477 g/mol. The van der Waals surface area contributed by atoms with E-state index in [1.807, 2.05) is 71.1 Å². The number of aryl methyl sites for hydroxylation is 4. The van der Waals surface area contributed by atoms with Crippen molar-refractivity contribution in [2.75, 3.05) is 0 Å². The first kappa shape index (κ1) is 25.5. The van der Waals surface area contributed by atoms with E-state index < -0.39 is 0 Å². The number of hydrogen-bond acceptors (Lipinski definition) is 5. The first-order chi connectivity index (χ1) is 14.6. The van der Waals surface area contributed by atoms with Crippen LogP contribution in [0.25, 0.3) is 0 Å². The molecule has 2 aromatic heterocycles. The summed E-state index contributed by atoms with van der Waals surface area (Å²) in [5, 5.41) is 8.89. The number of hydrogen-bond donors (Lipinski definition) is 0. The number of aromatic nitrogens is 4. The van der Waals surface area contributed by atoms with Gasteiger partial charge in [-0.15, -0.1) is 0 Å². The van der Waals surface area contributed by atoms with E-state index >= 15 is 0 Å². The van der Waals surface area contributed by atoms with Crippen molar-refractivity contribution in [3.8, 4) is 0 Å². The summed E-state index contributed by atoms with van der Waals surface area (Å²) >= 11 is 0.194. The molecule has 0 fully saturated rings. The van der Waals surface area contributed by atoms with Crippen LogP contribution in [0.3, 0.4) is 0 Å². The molecule has 0 amide bonds. The average molecular weight is 506 g/mol. The third-order valence-corrected chi connectivity index (χ3v) is 5.29. The van der Waals surface area contributed by atoms with Crippen molar-refractivity contribution in [2.45, 2.75) is 54.0 Å². The molecule has 0 aromatic carbocycles. The number of aliphatic imine (C=N–C) groups is 3. The molecule has 0 saturated carbocycles. The van der Waals surface area contributed by atoms with E-state index in [4.69, 9.17) is 35.2 Å². The van der Waals surface area contributed by atoms with E-state index in [1.54, 1.807) is 0 Å². The van der Waals surface area contributed by atoms with Gasteiger partial charge < -0.3 is 0 Å². The second kappa shape index (κ2) is 11.2. The fraction of sp³-hybridized carbons (Fsp3) is 0.476. The quantitative estimate of drug-likeness (QED) is 0.411. The van der Waals surface area contributed by atoms with E-state index in [0.717, 1.165) is 57.7 Å². The van der Waals surface area contributed by atoms with Gasteiger partial charge in [0.2, 0.25) is 0 Å². The average Bonchev–Trinajstić information content (AvgIpc) is 3.11. The predicted molar refractivity (Wildman–Crippen MR) is 128 cm³/mol. The van der Waals surface area contributed by atoms with Gasteiger partial charge in [-0.2, -0.15) is 10.2 Å². The Bertz CT molecular complexity index is 1060. The number of dihydropyridines is 1. The SMILES string of the molecule is CC(=Nc1c(C)nn(C)c1C)C1=NC(C(C)=Nc2c(C)nn(C)c2C)CC=C1.[Cl][Fe][Cl]. The molecule has 10 heteroatoms. The molecule has 31 heavy (non-hydrogen) atoms. The van der Waals surface area contributed by atoms with Gasteiger partial charge in [0.05, 0.1) is 40.2 Å². The third-order valence-electron chi connectivity index (χ3n) is 5.29. The first-order valence-electron chi connectivity index (χ1n) is 9.81. The van der Waals surface area contributed by atoms with Crippen LogP contribution in [-0.2, 0) is 27.2 Å². The van der Waals surface area contributed by atoms with Gasteiger partial charge in [-0.05, 0) is 54.0 Å². The molecule has 0 N–H and O–H groups in total. The Balaban J connectivity index is 0.00000107. The monoisotopic (exact) mass is 505 g/mol. The van der Waals surface area contributed by atoms with Crippen LogP contribution >= 0.6 is 20.2 Å². The van der Waals surface area contributed by atoms with Gasteiger partial charge >= 0.3 is 33.3 Å². The Labute approximate surface area is 199 Å². The van der Waals surface area contributed by atoms with E-state index in [0.29, 0.717) is 0 Å². The van der Waals surface area contributed by atoms with Crippen molar-refractivity contribution in [1.82, 2.24) is 19.6 Å². The molecule has 0 aliphatic carbocycles. The van der Waals surface area contributed by atoms with Gasteiger partial charge in [0.15, 0.2) is 0 Å². The molecule has 0 radical (unpaired) electrons. The summed E-state index contributed by atoms with van der Waals surface area (Å²) in [5.41, 5.74) is 8.62. The second-order valence-corrected chi connectivity index (χ2v) is 9.28. The summed E-state index contributed by atoms with van der Waals surface area (Å²) in [5.74, 6) is 0. The van der Waals surface area contributed by atoms with Crippen molar-refractivity contribution in [3.05, 3.63) is 34.9 Å². The zero-order valence-corrected chi connectivity index (χ0v) is 21.8. The fourth-order valence-corrected chi connectivity index (χ4v) is 3.37. The second-order valence-electron chi connectivity index (χ2n) is 7.46. The molecule has 0 bridgehead atoms. The minimum absolute atomic E-state index is 0.0141. The Morgan fingerprint density at radius 3 is 1.90 bits per heavy atom. The van der Waals surface area contributed by atoms with Gasteiger partial charge in [-0.25, -0.2) is 4.99 Å². The van der Waals surface area contributed by atoms with Crippen LogP contribution in [-0.4, -0.2) is 42.7 Å². The molecule has 1 unspecified atom stereocenters. The van der Waals surface area contributed by atoms with Gasteiger partial charge in [0.25, 0.3) is 0 Å². The van der Waals surface area contributed by atoms with Crippen molar-refractivity contribution < 1.29 is 13.1 Å². The van der Waals surface area contributed by atoms with Crippen LogP contribution < -0.4 is 0 Å². The summed E-state index contributed by atoms with van der Waals surface area (Å²) in [7, 11) is 13.4. The fourth-order valence-electron chi connectivity index (χ4n) is 3.37. The molecule has 3 rings (SSSR count). The minimum atomic E-state index is 0.0141. The molecule has 0 spiro atoms. The van der Waals surface area contributed by atoms with E-state index in [2.05, 4.69) is 16.3 Å². The summed E-state index contributed by atoms with van der Waals surface area (Å²) in [6.45, 7) is 12.1. The maximum absolute atomic E-state index is 4.92. The molecule has 3 heterocycles. The van der Waals surface area contributed by atoms with Crippen LogP contribution in [0.2, 0.25) is 0 Å². The Morgan fingerprint density at radius 2 is 1.45 bits per heavy atom. The van der Waals surface area contributed by atoms with Crippen molar-refractivity contribution in [3.63, 3.8) is 0 Å². The molecule has 7 nitrogen and oxygen atoms in total. The number of allylic oxidation sites excluding steroid dienone is 1. The van der Waals surface area contributed by atoms with Crippen LogP contribution in [0.4, 0.5) is 11.4 Å². The van der Waals surface area contributed by atoms with Crippen LogP contribution in [0.1, 0.15) is 43.0 Å². The predicted octanol–water partition coefficient (Wildman–Crippen LogP) is 5.42. The van der Waals surface area contributed by atoms with Gasteiger partial charge in [-0.3, -0.25) is 19.3 Å². The summed E-state index contributed by atoms with van der Waals surface area (Å²) < 4.78 is 3.73. The standard InChI is InChI=1S/C21H29N7.2ClH.Fe/c1-12(22-20-14(3)25-27(7)16(20)5)18-10-9-11-19(24-18)13(2)23-21-15(4)26-28(8)17(21)6;;;/h9-10,19H,11H2,1-8H3;2*1H;/q;;;+2/p-2. The van der Waals surface area contributed by atoms with Crippen molar-refractivity contribution >= 4 is 48.7 Å². The van der Waals surface area contributed by atoms with Gasteiger partial charge in [-0.1, -0.05) is 6.08 Å². The third kappa shape index (κ3) is 6.16.